The lowest BCUT2D eigenvalue weighted by molar-refractivity contribution is -0.166. The van der Waals surface area contributed by atoms with Crippen LogP contribution in [0, 0.1) is 12.8 Å². The summed E-state index contributed by atoms with van der Waals surface area (Å²) in [6, 6.07) is 3.80. The second-order valence-electron chi connectivity index (χ2n) is 9.94. The molecule has 1 spiro atoms. The zero-order chi connectivity index (χ0) is 23.1. The Morgan fingerprint density at radius 3 is 2.66 bits per heavy atom. The Bertz CT molecular complexity index is 1000. The third kappa shape index (κ3) is 2.88. The molecule has 10 heteroatoms. The molecule has 5 rings (SSSR count). The number of halogens is 3. The van der Waals surface area contributed by atoms with Crippen LogP contribution < -0.4 is 10.6 Å². The summed E-state index contributed by atoms with van der Waals surface area (Å²) < 4.78 is 38.6. The van der Waals surface area contributed by atoms with Gasteiger partial charge in [0.2, 0.25) is 0 Å². The Balaban J connectivity index is 1.58. The molecular weight excluding hydrogens is 427 g/mol. The number of aliphatic hydroxyl groups is 1. The standard InChI is InChI=1S/C22H26F3N3O4/c1-12-2-3-14(29)8-15(12)19-9-13-10-28(7-6-22(23,24)25)16(13)21(19,32)5-4-20(11-19)17(30)26-18(31)27-20/h2-3,8,13,16,29,32H,4-7,9-11H2,1H3,(H2,26,27,30,31)/t13?,16-,19-,20+,21-/m1/s1. The number of likely N-dealkylation sites (tertiary alicyclic amines) is 1. The lowest BCUT2D eigenvalue weighted by Crippen LogP contribution is -2.70. The average Bonchev–Trinajstić information content (AvgIpc) is 3.05. The van der Waals surface area contributed by atoms with E-state index in [2.05, 4.69) is 10.6 Å². The smallest absolute Gasteiger partial charge is 0.390 e. The van der Waals surface area contributed by atoms with Gasteiger partial charge < -0.3 is 15.5 Å². The molecule has 5 atom stereocenters. The van der Waals surface area contributed by atoms with Crippen LogP contribution in [-0.2, 0) is 10.2 Å². The molecule has 4 fully saturated rings. The van der Waals surface area contributed by atoms with Crippen LogP contribution in [0.4, 0.5) is 18.0 Å². The molecule has 7 nitrogen and oxygen atoms in total. The highest BCUT2D eigenvalue weighted by Crippen LogP contribution is 2.65. The average molecular weight is 453 g/mol. The molecular formula is C22H26F3N3O4. The van der Waals surface area contributed by atoms with Crippen LogP contribution in [0.2, 0.25) is 0 Å². The number of nitrogens with one attached hydrogen (secondary N) is 2. The van der Waals surface area contributed by atoms with Crippen LogP contribution in [0.1, 0.15) is 43.2 Å². The zero-order valence-corrected chi connectivity index (χ0v) is 17.6. The number of aromatic hydroxyl groups is 1. The molecule has 0 aromatic heterocycles. The van der Waals surface area contributed by atoms with E-state index >= 15 is 0 Å². The first-order valence-corrected chi connectivity index (χ1v) is 10.9. The Kier molecular flexibility index (Phi) is 4.44. The van der Waals surface area contributed by atoms with Crippen molar-refractivity contribution in [3.8, 4) is 5.75 Å². The third-order valence-electron chi connectivity index (χ3n) is 8.21. The minimum absolute atomic E-state index is 0.00929. The maximum atomic E-state index is 12.9. The first kappa shape index (κ1) is 21.5. The summed E-state index contributed by atoms with van der Waals surface area (Å²) in [5.41, 5.74) is -2.09. The molecule has 0 bridgehead atoms. The van der Waals surface area contributed by atoms with Crippen LogP contribution in [0.3, 0.4) is 0 Å². The minimum Gasteiger partial charge on any atom is -0.508 e. The van der Waals surface area contributed by atoms with Gasteiger partial charge in [0.1, 0.15) is 11.3 Å². The Morgan fingerprint density at radius 1 is 1.25 bits per heavy atom. The number of carbonyl (C=O) groups excluding carboxylic acids is 2. The fraction of sp³-hybridized carbons (Fsp3) is 0.636. The van der Waals surface area contributed by atoms with Crippen LogP contribution in [-0.4, -0.2) is 63.5 Å². The van der Waals surface area contributed by atoms with Crippen molar-refractivity contribution in [3.63, 3.8) is 0 Å². The first-order chi connectivity index (χ1) is 14.9. The summed E-state index contributed by atoms with van der Waals surface area (Å²) in [7, 11) is 0. The summed E-state index contributed by atoms with van der Waals surface area (Å²) in [6.45, 7) is 2.10. The highest BCUT2D eigenvalue weighted by Gasteiger charge is 2.73. The quantitative estimate of drug-likeness (QED) is 0.525. The molecule has 2 saturated heterocycles. The first-order valence-electron chi connectivity index (χ1n) is 10.9. The number of hydrogen-bond acceptors (Lipinski definition) is 5. The number of aryl methyl sites for hydroxylation is 1. The van der Waals surface area contributed by atoms with Crippen molar-refractivity contribution in [1.82, 2.24) is 15.5 Å². The predicted molar refractivity (Wildman–Crippen MR) is 107 cm³/mol. The minimum atomic E-state index is -4.28. The maximum Gasteiger partial charge on any atom is 0.390 e. The van der Waals surface area contributed by atoms with E-state index in [0.717, 1.165) is 5.56 Å². The van der Waals surface area contributed by atoms with Crippen molar-refractivity contribution in [1.29, 1.82) is 0 Å². The predicted octanol–water partition coefficient (Wildman–Crippen LogP) is 2.09. The molecule has 32 heavy (non-hydrogen) atoms. The number of alkyl halides is 3. The highest BCUT2D eigenvalue weighted by atomic mass is 19.4. The van der Waals surface area contributed by atoms with Crippen molar-refractivity contribution in [2.45, 2.75) is 67.8 Å². The number of benzene rings is 1. The third-order valence-corrected chi connectivity index (χ3v) is 8.21. The fourth-order valence-electron chi connectivity index (χ4n) is 6.96. The van der Waals surface area contributed by atoms with Gasteiger partial charge in [-0.15, -0.1) is 0 Å². The van der Waals surface area contributed by atoms with Gasteiger partial charge in [0.05, 0.1) is 12.0 Å². The van der Waals surface area contributed by atoms with Gasteiger partial charge in [0.15, 0.2) is 0 Å². The second kappa shape index (κ2) is 6.60. The van der Waals surface area contributed by atoms with Gasteiger partial charge in [0.25, 0.3) is 5.91 Å². The van der Waals surface area contributed by atoms with E-state index in [1.165, 1.54) is 6.07 Å². The van der Waals surface area contributed by atoms with E-state index in [0.29, 0.717) is 18.5 Å². The van der Waals surface area contributed by atoms with Gasteiger partial charge in [-0.2, -0.15) is 13.2 Å². The second-order valence-corrected chi connectivity index (χ2v) is 9.94. The fourth-order valence-corrected chi connectivity index (χ4v) is 6.96. The Labute approximate surface area is 183 Å². The highest BCUT2D eigenvalue weighted by molar-refractivity contribution is 6.07. The topological polar surface area (TPSA) is 102 Å². The molecule has 1 aromatic carbocycles. The van der Waals surface area contributed by atoms with E-state index in [1.807, 2.05) is 6.92 Å². The van der Waals surface area contributed by atoms with E-state index in [9.17, 15) is 33.0 Å². The zero-order valence-electron chi connectivity index (χ0n) is 17.6. The van der Waals surface area contributed by atoms with Gasteiger partial charge in [-0.3, -0.25) is 15.0 Å². The number of urea groups is 1. The van der Waals surface area contributed by atoms with Crippen LogP contribution in [0.15, 0.2) is 18.2 Å². The Morgan fingerprint density at radius 2 is 2.00 bits per heavy atom. The lowest BCUT2D eigenvalue weighted by Gasteiger charge is -2.57. The molecule has 0 radical (unpaired) electrons. The lowest BCUT2D eigenvalue weighted by atomic mass is 9.55. The van der Waals surface area contributed by atoms with Gasteiger partial charge >= 0.3 is 12.2 Å². The number of phenolic OH excluding ortho intramolecular Hbond substituents is 1. The van der Waals surface area contributed by atoms with Gasteiger partial charge in [-0.1, -0.05) is 6.07 Å². The number of nitrogens with zero attached hydrogens (tertiary/aromatic N) is 1. The van der Waals surface area contributed by atoms with Crippen molar-refractivity contribution in [3.05, 3.63) is 29.3 Å². The van der Waals surface area contributed by atoms with E-state index < -0.39 is 47.1 Å². The van der Waals surface area contributed by atoms with Crippen LogP contribution in [0.5, 0.6) is 5.75 Å². The van der Waals surface area contributed by atoms with Gasteiger partial charge in [-0.05, 0) is 61.8 Å². The molecule has 1 aromatic rings. The van der Waals surface area contributed by atoms with Crippen molar-refractivity contribution in [2.75, 3.05) is 13.1 Å². The van der Waals surface area contributed by atoms with E-state index in [1.54, 1.807) is 17.0 Å². The maximum absolute atomic E-state index is 12.9. The van der Waals surface area contributed by atoms with Gasteiger partial charge in [0, 0.05) is 24.5 Å². The molecule has 2 heterocycles. The monoisotopic (exact) mass is 453 g/mol. The number of phenols is 1. The molecule has 2 aliphatic carbocycles. The molecule has 1 unspecified atom stereocenters. The van der Waals surface area contributed by atoms with Crippen molar-refractivity contribution >= 4 is 11.9 Å². The number of fused-ring (bicyclic) bond motifs is 3. The summed E-state index contributed by atoms with van der Waals surface area (Å²) in [5.74, 6) is -0.477. The van der Waals surface area contributed by atoms with E-state index in [-0.39, 0.29) is 37.5 Å². The number of hydrogen-bond donors (Lipinski definition) is 4. The molecule has 4 N–H and O–H groups in total. The molecule has 174 valence electrons. The summed E-state index contributed by atoms with van der Waals surface area (Å²) in [6.07, 6.45) is -4.30. The normalized spacial score (nSPS) is 38.8. The Hall–Kier alpha value is -2.33. The van der Waals surface area contributed by atoms with E-state index in [4.69, 9.17) is 0 Å². The number of imide groups is 1. The largest absolute Gasteiger partial charge is 0.508 e. The molecule has 4 aliphatic rings. The van der Waals surface area contributed by atoms with Crippen molar-refractivity contribution in [2.24, 2.45) is 5.92 Å². The molecule has 3 amide bonds. The van der Waals surface area contributed by atoms with Crippen LogP contribution in [0.25, 0.3) is 0 Å². The van der Waals surface area contributed by atoms with Crippen LogP contribution >= 0.6 is 0 Å². The molecule has 2 saturated carbocycles. The summed E-state index contributed by atoms with van der Waals surface area (Å²) >= 11 is 0. The van der Waals surface area contributed by atoms with Gasteiger partial charge in [-0.25, -0.2) is 4.79 Å². The van der Waals surface area contributed by atoms with Crippen molar-refractivity contribution < 1.29 is 33.0 Å². The molecule has 2 aliphatic heterocycles. The number of carbonyl (C=O) groups is 2. The SMILES string of the molecule is Cc1ccc(O)cc1[C@]12CC3CN(CCC(F)(F)F)[C@H]3[C@]1(O)CC[C@@]1(C2)NC(=O)NC1=O. The number of rotatable bonds is 3. The summed E-state index contributed by atoms with van der Waals surface area (Å²) in [4.78, 5) is 26.4. The number of amides is 3. The summed E-state index contributed by atoms with van der Waals surface area (Å²) in [5, 5.41) is 27.4.